The molecule has 0 atom stereocenters. The maximum absolute atomic E-state index is 12.0. The lowest BCUT2D eigenvalue weighted by atomic mass is 10.2. The van der Waals surface area contributed by atoms with Gasteiger partial charge >= 0.3 is 11.8 Å². The average Bonchev–Trinajstić information content (AvgIpc) is 2.80. The Morgan fingerprint density at radius 1 is 0.806 bits per heavy atom. The van der Waals surface area contributed by atoms with Gasteiger partial charge in [0, 0.05) is 5.69 Å². The molecule has 0 aromatic heterocycles. The molecule has 0 spiro atoms. The standard InChI is InChI=1S/C23H21N3O5/c1-29-20-13-8-16(14-21(20)30-2)15-24-26-23(28)22(27)25-17-9-11-19(12-10-17)31-18-6-4-3-5-7-18/h3-15H,1-2H3,(H,25,27)(H,26,28). The highest BCUT2D eigenvalue weighted by Crippen LogP contribution is 2.27. The molecule has 0 aliphatic rings. The van der Waals surface area contributed by atoms with Gasteiger partial charge in [0.15, 0.2) is 11.5 Å². The largest absolute Gasteiger partial charge is 0.493 e. The molecule has 3 aromatic carbocycles. The van der Waals surface area contributed by atoms with Gasteiger partial charge in [0.1, 0.15) is 11.5 Å². The van der Waals surface area contributed by atoms with Gasteiger partial charge < -0.3 is 19.5 Å². The Hall–Kier alpha value is -4.33. The lowest BCUT2D eigenvalue weighted by molar-refractivity contribution is -0.136. The molecular weight excluding hydrogens is 398 g/mol. The molecule has 0 bridgehead atoms. The van der Waals surface area contributed by atoms with Crippen LogP contribution in [-0.4, -0.2) is 32.2 Å². The number of benzene rings is 3. The number of carbonyl (C=O) groups excluding carboxylic acids is 2. The van der Waals surface area contributed by atoms with Crippen LogP contribution in [0.25, 0.3) is 0 Å². The van der Waals surface area contributed by atoms with E-state index in [-0.39, 0.29) is 0 Å². The van der Waals surface area contributed by atoms with Gasteiger partial charge in [0.05, 0.1) is 20.4 Å². The first-order chi connectivity index (χ1) is 15.1. The number of nitrogens with zero attached hydrogens (tertiary/aromatic N) is 1. The van der Waals surface area contributed by atoms with E-state index in [2.05, 4.69) is 15.8 Å². The van der Waals surface area contributed by atoms with Crippen LogP contribution < -0.4 is 25.0 Å². The molecule has 0 aliphatic carbocycles. The third-order valence-corrected chi connectivity index (χ3v) is 4.08. The first-order valence-corrected chi connectivity index (χ1v) is 9.28. The highest BCUT2D eigenvalue weighted by Gasteiger charge is 2.13. The van der Waals surface area contributed by atoms with Crippen LogP contribution in [0.1, 0.15) is 5.56 Å². The fourth-order valence-corrected chi connectivity index (χ4v) is 2.57. The maximum atomic E-state index is 12.0. The van der Waals surface area contributed by atoms with Gasteiger partial charge in [-0.05, 0) is 60.2 Å². The molecule has 0 saturated carbocycles. The summed E-state index contributed by atoms with van der Waals surface area (Å²) in [6.45, 7) is 0. The van der Waals surface area contributed by atoms with Gasteiger partial charge in [-0.15, -0.1) is 0 Å². The van der Waals surface area contributed by atoms with Crippen molar-refractivity contribution in [1.82, 2.24) is 5.43 Å². The Bertz CT molecular complexity index is 1070. The smallest absolute Gasteiger partial charge is 0.329 e. The van der Waals surface area contributed by atoms with Crippen molar-refractivity contribution in [2.24, 2.45) is 5.10 Å². The quantitative estimate of drug-likeness (QED) is 0.347. The van der Waals surface area contributed by atoms with Crippen LogP contribution in [0.2, 0.25) is 0 Å². The maximum Gasteiger partial charge on any atom is 0.329 e. The third kappa shape index (κ3) is 6.07. The highest BCUT2D eigenvalue weighted by molar-refractivity contribution is 6.39. The lowest BCUT2D eigenvalue weighted by Crippen LogP contribution is -2.32. The van der Waals surface area contributed by atoms with Gasteiger partial charge in [-0.25, -0.2) is 5.43 Å². The Labute approximate surface area is 179 Å². The third-order valence-electron chi connectivity index (χ3n) is 4.08. The van der Waals surface area contributed by atoms with Gasteiger partial charge in [0.25, 0.3) is 0 Å². The van der Waals surface area contributed by atoms with E-state index >= 15 is 0 Å². The molecule has 0 aliphatic heterocycles. The summed E-state index contributed by atoms with van der Waals surface area (Å²) >= 11 is 0. The van der Waals surface area contributed by atoms with Crippen molar-refractivity contribution in [1.29, 1.82) is 0 Å². The molecule has 2 amide bonds. The van der Waals surface area contributed by atoms with Crippen LogP contribution in [0.3, 0.4) is 0 Å². The summed E-state index contributed by atoms with van der Waals surface area (Å²) in [5.74, 6) is 0.653. The number of hydrogen-bond acceptors (Lipinski definition) is 6. The molecule has 8 nitrogen and oxygen atoms in total. The monoisotopic (exact) mass is 419 g/mol. The van der Waals surface area contributed by atoms with Gasteiger partial charge in [0.2, 0.25) is 0 Å². The second kappa shape index (κ2) is 10.4. The van der Waals surface area contributed by atoms with Crippen molar-refractivity contribution in [3.05, 3.63) is 78.4 Å². The van der Waals surface area contributed by atoms with E-state index in [1.807, 2.05) is 30.3 Å². The van der Waals surface area contributed by atoms with Crippen molar-refractivity contribution in [3.8, 4) is 23.0 Å². The SMILES string of the molecule is COc1ccc(C=NNC(=O)C(=O)Nc2ccc(Oc3ccccc3)cc2)cc1OC. The topological polar surface area (TPSA) is 98.2 Å². The average molecular weight is 419 g/mol. The zero-order valence-corrected chi connectivity index (χ0v) is 17.0. The summed E-state index contributed by atoms with van der Waals surface area (Å²) < 4.78 is 16.0. The fraction of sp³-hybridized carbons (Fsp3) is 0.0870. The second-order valence-electron chi connectivity index (χ2n) is 6.21. The molecule has 31 heavy (non-hydrogen) atoms. The van der Waals surface area contributed by atoms with E-state index in [0.717, 1.165) is 0 Å². The molecule has 8 heteroatoms. The lowest BCUT2D eigenvalue weighted by Gasteiger charge is -2.08. The highest BCUT2D eigenvalue weighted by atomic mass is 16.5. The van der Waals surface area contributed by atoms with Crippen LogP contribution in [0.15, 0.2) is 77.9 Å². The fourth-order valence-electron chi connectivity index (χ4n) is 2.57. The molecule has 158 valence electrons. The van der Waals surface area contributed by atoms with E-state index in [0.29, 0.717) is 34.2 Å². The number of ether oxygens (including phenoxy) is 3. The molecule has 0 saturated heterocycles. The van der Waals surface area contributed by atoms with E-state index in [1.165, 1.54) is 20.4 Å². The van der Waals surface area contributed by atoms with Crippen molar-refractivity contribution in [2.45, 2.75) is 0 Å². The first kappa shape index (κ1) is 21.4. The summed E-state index contributed by atoms with van der Waals surface area (Å²) in [5.41, 5.74) is 3.29. The number of para-hydroxylation sites is 1. The predicted octanol–water partition coefficient (Wildman–Crippen LogP) is 3.58. The molecule has 0 fully saturated rings. The summed E-state index contributed by atoms with van der Waals surface area (Å²) in [4.78, 5) is 24.0. The number of amides is 2. The van der Waals surface area contributed by atoms with Crippen LogP contribution in [-0.2, 0) is 9.59 Å². The Morgan fingerprint density at radius 2 is 1.48 bits per heavy atom. The van der Waals surface area contributed by atoms with Crippen LogP contribution in [0, 0.1) is 0 Å². The minimum absolute atomic E-state index is 0.449. The second-order valence-corrected chi connectivity index (χ2v) is 6.21. The van der Waals surface area contributed by atoms with E-state index < -0.39 is 11.8 Å². The van der Waals surface area contributed by atoms with Gasteiger partial charge in [-0.2, -0.15) is 5.10 Å². The minimum atomic E-state index is -0.902. The zero-order chi connectivity index (χ0) is 22.1. The number of methoxy groups -OCH3 is 2. The van der Waals surface area contributed by atoms with Gasteiger partial charge in [-0.3, -0.25) is 9.59 Å². The summed E-state index contributed by atoms with van der Waals surface area (Å²) in [6, 6.07) is 21.1. The summed E-state index contributed by atoms with van der Waals surface area (Å²) in [7, 11) is 3.06. The molecule has 3 aromatic rings. The zero-order valence-electron chi connectivity index (χ0n) is 17.0. The van der Waals surface area contributed by atoms with Crippen LogP contribution >= 0.6 is 0 Å². The number of anilines is 1. The Balaban J connectivity index is 1.52. The van der Waals surface area contributed by atoms with Crippen molar-refractivity contribution in [3.63, 3.8) is 0 Å². The number of hydrazone groups is 1. The summed E-state index contributed by atoms with van der Waals surface area (Å²) in [5, 5.41) is 6.29. The van der Waals surface area contributed by atoms with Crippen LogP contribution in [0.4, 0.5) is 5.69 Å². The normalized spacial score (nSPS) is 10.4. The van der Waals surface area contributed by atoms with Crippen molar-refractivity contribution in [2.75, 3.05) is 19.5 Å². The summed E-state index contributed by atoms with van der Waals surface area (Å²) in [6.07, 6.45) is 1.39. The van der Waals surface area contributed by atoms with Gasteiger partial charge in [-0.1, -0.05) is 18.2 Å². The number of hydrogen-bond donors (Lipinski definition) is 2. The number of nitrogens with one attached hydrogen (secondary N) is 2. The molecular formula is C23H21N3O5. The Kier molecular flexibility index (Phi) is 7.21. The van der Waals surface area contributed by atoms with Crippen molar-refractivity contribution < 1.29 is 23.8 Å². The van der Waals surface area contributed by atoms with E-state index in [4.69, 9.17) is 14.2 Å². The first-order valence-electron chi connectivity index (χ1n) is 9.28. The number of rotatable bonds is 7. The van der Waals surface area contributed by atoms with Crippen LogP contribution in [0.5, 0.6) is 23.0 Å². The van der Waals surface area contributed by atoms with E-state index in [9.17, 15) is 9.59 Å². The molecule has 0 radical (unpaired) electrons. The van der Waals surface area contributed by atoms with Crippen molar-refractivity contribution >= 4 is 23.7 Å². The van der Waals surface area contributed by atoms with E-state index in [1.54, 1.807) is 42.5 Å². The molecule has 0 heterocycles. The minimum Gasteiger partial charge on any atom is -0.493 e. The Morgan fingerprint density at radius 3 is 2.16 bits per heavy atom. The molecule has 3 rings (SSSR count). The number of carbonyl (C=O) groups is 2. The molecule has 2 N–H and O–H groups in total. The predicted molar refractivity (Wildman–Crippen MR) is 117 cm³/mol. The molecule has 0 unspecified atom stereocenters.